The third-order valence-corrected chi connectivity index (χ3v) is 5.96. The second-order valence-electron chi connectivity index (χ2n) is 7.08. The van der Waals surface area contributed by atoms with Gasteiger partial charge in [-0.2, -0.15) is 0 Å². The lowest BCUT2D eigenvalue weighted by molar-refractivity contribution is 0.102. The molecule has 0 bridgehead atoms. The van der Waals surface area contributed by atoms with Gasteiger partial charge in [-0.1, -0.05) is 66.2 Å². The molecule has 166 valence electrons. The summed E-state index contributed by atoms with van der Waals surface area (Å²) in [5.74, 6) is -0.608. The van der Waals surface area contributed by atoms with Crippen molar-refractivity contribution in [2.24, 2.45) is 0 Å². The van der Waals surface area contributed by atoms with E-state index in [-0.39, 0.29) is 28.1 Å². The maximum Gasteiger partial charge on any atom is 0.266 e. The molecule has 3 N–H and O–H groups in total. The summed E-state index contributed by atoms with van der Waals surface area (Å²) in [6.07, 6.45) is 0. The fourth-order valence-electron chi connectivity index (χ4n) is 3.33. The number of phenols is 1. The first-order valence-corrected chi connectivity index (χ1v) is 11.3. The summed E-state index contributed by atoms with van der Waals surface area (Å²) in [6.45, 7) is 0. The average molecular weight is 479 g/mol. The quantitative estimate of drug-likeness (QED) is 0.226. The third kappa shape index (κ3) is 5.06. The van der Waals surface area contributed by atoms with Gasteiger partial charge in [0.15, 0.2) is 0 Å². The Bertz CT molecular complexity index is 1310. The number of benzene rings is 4. The van der Waals surface area contributed by atoms with Crippen LogP contribution in [0.25, 0.3) is 11.1 Å². The Morgan fingerprint density at radius 1 is 0.818 bits per heavy atom. The van der Waals surface area contributed by atoms with Gasteiger partial charge in [-0.05, 0) is 53.6 Å². The number of amides is 1. The topological polar surface area (TPSA) is 89.9 Å². The molecule has 1 atom stereocenters. The molecule has 8 heteroatoms. The van der Waals surface area contributed by atoms with Crippen molar-refractivity contribution in [2.45, 2.75) is 0 Å². The first-order valence-electron chi connectivity index (χ1n) is 9.89. The molecule has 4 rings (SSSR count). The minimum Gasteiger partial charge on any atom is -0.506 e. The van der Waals surface area contributed by atoms with Gasteiger partial charge in [-0.15, -0.1) is 0 Å². The minimum atomic E-state index is -2.53. The predicted octanol–water partition coefficient (Wildman–Crippen LogP) is 6.24. The molecule has 0 saturated heterocycles. The molecule has 0 aliphatic carbocycles. The van der Waals surface area contributed by atoms with Crippen molar-refractivity contribution in [3.63, 3.8) is 0 Å². The highest BCUT2D eigenvalue weighted by Crippen LogP contribution is 2.39. The SMILES string of the molecule is O=C(Nc1ccc(O)c(N(c2ccccc2Cl)S(=O)O)c1)c1ccc(-c2ccccc2)cc1. The molecule has 0 heterocycles. The van der Waals surface area contributed by atoms with E-state index < -0.39 is 11.3 Å². The Morgan fingerprint density at radius 3 is 2.12 bits per heavy atom. The van der Waals surface area contributed by atoms with E-state index in [2.05, 4.69) is 5.32 Å². The highest BCUT2D eigenvalue weighted by molar-refractivity contribution is 7.81. The van der Waals surface area contributed by atoms with Gasteiger partial charge in [-0.3, -0.25) is 9.35 Å². The lowest BCUT2D eigenvalue weighted by Gasteiger charge is -2.22. The Hall–Kier alpha value is -3.65. The maximum absolute atomic E-state index is 12.8. The number of carbonyl (C=O) groups excluding carboxylic acids is 1. The number of carbonyl (C=O) groups is 1. The van der Waals surface area contributed by atoms with Gasteiger partial charge in [0.2, 0.25) is 0 Å². The molecule has 4 aromatic carbocycles. The molecular formula is C25H19ClN2O4S. The lowest BCUT2D eigenvalue weighted by Crippen LogP contribution is -2.20. The van der Waals surface area contributed by atoms with Crippen LogP contribution in [0, 0.1) is 0 Å². The number of phenolic OH excluding ortho intramolecular Hbond substituents is 1. The zero-order chi connectivity index (χ0) is 23.4. The summed E-state index contributed by atoms with van der Waals surface area (Å²) in [7, 11) is 0. The van der Waals surface area contributed by atoms with Crippen LogP contribution in [0.5, 0.6) is 5.75 Å². The molecular weight excluding hydrogens is 460 g/mol. The molecule has 0 saturated carbocycles. The molecule has 0 aromatic heterocycles. The molecule has 4 aromatic rings. The fourth-order valence-corrected chi connectivity index (χ4v) is 4.24. The number of anilines is 3. The Kier molecular flexibility index (Phi) is 6.74. The van der Waals surface area contributed by atoms with E-state index in [4.69, 9.17) is 11.6 Å². The molecule has 33 heavy (non-hydrogen) atoms. The number of hydrogen-bond acceptors (Lipinski definition) is 3. The van der Waals surface area contributed by atoms with E-state index in [9.17, 15) is 18.7 Å². The second-order valence-corrected chi connectivity index (χ2v) is 8.31. The summed E-state index contributed by atoms with van der Waals surface area (Å²) < 4.78 is 22.9. The number of para-hydroxylation sites is 1. The smallest absolute Gasteiger partial charge is 0.266 e. The van der Waals surface area contributed by atoms with E-state index in [1.165, 1.54) is 18.2 Å². The Labute approximate surface area is 198 Å². The van der Waals surface area contributed by atoms with E-state index in [0.29, 0.717) is 11.3 Å². The molecule has 1 unspecified atom stereocenters. The Morgan fingerprint density at radius 2 is 1.45 bits per heavy atom. The van der Waals surface area contributed by atoms with Crippen LogP contribution < -0.4 is 9.62 Å². The highest BCUT2D eigenvalue weighted by atomic mass is 35.5. The summed E-state index contributed by atoms with van der Waals surface area (Å²) in [5.41, 5.74) is 3.06. The summed E-state index contributed by atoms with van der Waals surface area (Å²) in [5, 5.41) is 13.3. The number of aromatic hydroxyl groups is 1. The summed E-state index contributed by atoms with van der Waals surface area (Å²) in [4.78, 5) is 12.8. The largest absolute Gasteiger partial charge is 0.506 e. The van der Waals surface area contributed by atoms with Crippen molar-refractivity contribution in [3.8, 4) is 16.9 Å². The van der Waals surface area contributed by atoms with Crippen LogP contribution in [0.4, 0.5) is 17.1 Å². The summed E-state index contributed by atoms with van der Waals surface area (Å²) in [6, 6.07) is 27.7. The van der Waals surface area contributed by atoms with Crippen LogP contribution in [-0.4, -0.2) is 19.8 Å². The van der Waals surface area contributed by atoms with Gasteiger partial charge in [0.25, 0.3) is 17.2 Å². The van der Waals surface area contributed by atoms with E-state index in [1.807, 2.05) is 42.5 Å². The van der Waals surface area contributed by atoms with Crippen molar-refractivity contribution in [3.05, 3.63) is 108 Å². The molecule has 6 nitrogen and oxygen atoms in total. The van der Waals surface area contributed by atoms with Gasteiger partial charge in [0, 0.05) is 11.3 Å². The minimum absolute atomic E-state index is 0.0150. The first-order chi connectivity index (χ1) is 15.9. The number of nitrogens with one attached hydrogen (secondary N) is 1. The zero-order valence-electron chi connectivity index (χ0n) is 17.2. The zero-order valence-corrected chi connectivity index (χ0v) is 18.8. The van der Waals surface area contributed by atoms with Crippen LogP contribution in [-0.2, 0) is 11.3 Å². The lowest BCUT2D eigenvalue weighted by atomic mass is 10.0. The van der Waals surface area contributed by atoms with E-state index in [0.717, 1.165) is 15.4 Å². The molecule has 0 aliphatic rings. The van der Waals surface area contributed by atoms with E-state index >= 15 is 0 Å². The molecule has 0 aliphatic heterocycles. The van der Waals surface area contributed by atoms with Crippen molar-refractivity contribution < 1.29 is 18.7 Å². The first kappa shape index (κ1) is 22.5. The molecule has 0 fully saturated rings. The number of halogens is 1. The van der Waals surface area contributed by atoms with Crippen LogP contribution in [0.2, 0.25) is 5.02 Å². The molecule has 0 radical (unpaired) electrons. The molecule has 1 amide bonds. The summed E-state index contributed by atoms with van der Waals surface area (Å²) >= 11 is 3.66. The van der Waals surface area contributed by atoms with Crippen LogP contribution in [0.3, 0.4) is 0 Å². The predicted molar refractivity (Wildman–Crippen MR) is 132 cm³/mol. The second kappa shape index (κ2) is 9.87. The number of nitrogens with zero attached hydrogens (tertiary/aromatic N) is 1. The fraction of sp³-hybridized carbons (Fsp3) is 0. The van der Waals surface area contributed by atoms with Gasteiger partial charge in [-0.25, -0.2) is 8.51 Å². The standard InChI is InChI=1S/C25H19ClN2O4S/c26-21-8-4-5-9-22(21)28(33(31)32)23-16-20(14-15-24(23)29)27-25(30)19-12-10-18(11-13-19)17-6-2-1-3-7-17/h1-16,29H,(H,27,30)(H,31,32). The van der Waals surface area contributed by atoms with Crippen LogP contribution in [0.15, 0.2) is 97.1 Å². The number of rotatable bonds is 6. The van der Waals surface area contributed by atoms with Crippen LogP contribution in [0.1, 0.15) is 10.4 Å². The van der Waals surface area contributed by atoms with Crippen molar-refractivity contribution in [1.82, 2.24) is 0 Å². The third-order valence-electron chi connectivity index (χ3n) is 4.93. The Balaban J connectivity index is 1.59. The van der Waals surface area contributed by atoms with Gasteiger partial charge in [0.05, 0.1) is 10.7 Å². The van der Waals surface area contributed by atoms with E-state index in [1.54, 1.807) is 36.4 Å². The van der Waals surface area contributed by atoms with Crippen LogP contribution >= 0.6 is 11.6 Å². The van der Waals surface area contributed by atoms with Crippen molar-refractivity contribution in [2.75, 3.05) is 9.62 Å². The van der Waals surface area contributed by atoms with Gasteiger partial charge in [0.1, 0.15) is 11.4 Å². The van der Waals surface area contributed by atoms with Crippen molar-refractivity contribution >= 4 is 45.8 Å². The molecule has 0 spiro atoms. The average Bonchev–Trinajstić information content (AvgIpc) is 2.83. The normalized spacial score (nSPS) is 11.6. The highest BCUT2D eigenvalue weighted by Gasteiger charge is 2.22. The van der Waals surface area contributed by atoms with Gasteiger partial charge < -0.3 is 10.4 Å². The monoisotopic (exact) mass is 478 g/mol. The van der Waals surface area contributed by atoms with Crippen molar-refractivity contribution in [1.29, 1.82) is 0 Å². The maximum atomic E-state index is 12.8. The number of hydrogen-bond donors (Lipinski definition) is 3. The van der Waals surface area contributed by atoms with Gasteiger partial charge >= 0.3 is 0 Å².